The zero-order chi connectivity index (χ0) is 34.3. The third kappa shape index (κ3) is 3.86. The second-order valence-corrected chi connectivity index (χ2v) is 14.2. The van der Waals surface area contributed by atoms with Crippen molar-refractivity contribution in [1.82, 2.24) is 0 Å². The smallest absolute Gasteiger partial charge is 0.139 e. The summed E-state index contributed by atoms with van der Waals surface area (Å²) in [6, 6.07) is 55.6. The van der Waals surface area contributed by atoms with E-state index < -0.39 is 5.41 Å². The highest BCUT2D eigenvalue weighted by molar-refractivity contribution is 6.03. The van der Waals surface area contributed by atoms with Crippen LogP contribution in [-0.2, 0) is 10.8 Å². The van der Waals surface area contributed by atoms with Crippen molar-refractivity contribution >= 4 is 16.3 Å². The van der Waals surface area contributed by atoms with E-state index in [1.165, 1.54) is 72.0 Å². The fraction of sp³-hybridized carbons (Fsp3) is 0.0800. The lowest BCUT2D eigenvalue weighted by molar-refractivity contribution is 0.429. The molecule has 0 N–H and O–H groups in total. The first-order valence-electron chi connectivity index (χ1n) is 17.8. The van der Waals surface area contributed by atoms with Gasteiger partial charge in [0.1, 0.15) is 11.5 Å². The molecule has 0 radical (unpaired) electrons. The highest BCUT2D eigenvalue weighted by Crippen LogP contribution is 2.64. The molecule has 242 valence electrons. The molecule has 1 heterocycles. The highest BCUT2D eigenvalue weighted by Gasteiger charge is 2.52. The fourth-order valence-electron chi connectivity index (χ4n) is 9.55. The summed E-state index contributed by atoms with van der Waals surface area (Å²) < 4.78 is 6.91. The molecule has 1 aliphatic heterocycles. The number of rotatable bonds is 4. The zero-order valence-corrected chi connectivity index (χ0v) is 28.8. The molecule has 2 aliphatic carbocycles. The van der Waals surface area contributed by atoms with Gasteiger partial charge in [0.25, 0.3) is 0 Å². The van der Waals surface area contributed by atoms with Gasteiger partial charge in [-0.05, 0) is 92.4 Å². The van der Waals surface area contributed by atoms with E-state index in [4.69, 9.17) is 4.74 Å². The normalized spacial score (nSPS) is 19.4. The van der Waals surface area contributed by atoms with Crippen molar-refractivity contribution in [2.24, 2.45) is 0 Å². The van der Waals surface area contributed by atoms with E-state index in [0.717, 1.165) is 22.6 Å². The maximum atomic E-state index is 6.91. The van der Waals surface area contributed by atoms with Crippen LogP contribution in [0.1, 0.15) is 52.8 Å². The lowest BCUT2D eigenvalue weighted by atomic mass is 9.68. The minimum Gasteiger partial charge on any atom is -0.456 e. The van der Waals surface area contributed by atoms with Crippen LogP contribution in [0, 0.1) is 0 Å². The topological polar surface area (TPSA) is 9.23 Å². The lowest BCUT2D eigenvalue weighted by Crippen LogP contribution is -2.29. The molecular weight excluding hydrogens is 617 g/mol. The minimum absolute atomic E-state index is 0.377. The summed E-state index contributed by atoms with van der Waals surface area (Å²) in [4.78, 5) is 0. The van der Waals surface area contributed by atoms with Gasteiger partial charge in [-0.25, -0.2) is 0 Å². The summed E-state index contributed by atoms with van der Waals surface area (Å²) in [6.45, 7) is 8.68. The van der Waals surface area contributed by atoms with Gasteiger partial charge in [0.05, 0.1) is 5.41 Å². The number of para-hydroxylation sites is 2. The third-order valence-corrected chi connectivity index (χ3v) is 11.8. The van der Waals surface area contributed by atoms with Crippen LogP contribution < -0.4 is 4.74 Å². The molecule has 1 heteroatoms. The van der Waals surface area contributed by atoms with Gasteiger partial charge in [0, 0.05) is 22.1 Å². The number of hydrogen-bond acceptors (Lipinski definition) is 1. The molecule has 2 unspecified atom stereocenters. The van der Waals surface area contributed by atoms with Gasteiger partial charge in [-0.2, -0.15) is 0 Å². The van der Waals surface area contributed by atoms with Crippen molar-refractivity contribution in [3.05, 3.63) is 221 Å². The molecule has 3 aliphatic rings. The SMILES string of the molecule is C=C/C=C\C1=C(C)c2ccc3ccccc3c2C12c1ccccc1-c1cc(-c3cccc4c3Oc3ccccc3C4(C)c3ccccc3)ccc12. The molecule has 1 spiro atoms. The highest BCUT2D eigenvalue weighted by atomic mass is 16.5. The predicted octanol–water partition coefficient (Wildman–Crippen LogP) is 12.8. The quantitative estimate of drug-likeness (QED) is 0.172. The third-order valence-electron chi connectivity index (χ3n) is 11.8. The fourth-order valence-corrected chi connectivity index (χ4v) is 9.55. The molecule has 0 bridgehead atoms. The van der Waals surface area contributed by atoms with Gasteiger partial charge < -0.3 is 4.74 Å². The number of fused-ring (bicyclic) bond motifs is 11. The first-order chi connectivity index (χ1) is 25.1. The average molecular weight is 653 g/mol. The molecule has 7 aromatic rings. The molecule has 51 heavy (non-hydrogen) atoms. The second kappa shape index (κ2) is 10.9. The first kappa shape index (κ1) is 29.7. The monoisotopic (exact) mass is 652 g/mol. The molecule has 1 nitrogen and oxygen atoms in total. The van der Waals surface area contributed by atoms with Gasteiger partial charge in [0.15, 0.2) is 0 Å². The maximum absolute atomic E-state index is 6.91. The second-order valence-electron chi connectivity index (χ2n) is 14.2. The Morgan fingerprint density at radius 2 is 1.29 bits per heavy atom. The van der Waals surface area contributed by atoms with Crippen molar-refractivity contribution < 1.29 is 4.74 Å². The molecule has 0 amide bonds. The maximum Gasteiger partial charge on any atom is 0.139 e. The van der Waals surface area contributed by atoms with Crippen LogP contribution in [0.25, 0.3) is 38.6 Å². The Morgan fingerprint density at radius 3 is 2.16 bits per heavy atom. The summed E-state index contributed by atoms with van der Waals surface area (Å²) in [5.74, 6) is 1.83. The zero-order valence-electron chi connectivity index (χ0n) is 28.8. The number of ether oxygens (including phenoxy) is 1. The van der Waals surface area contributed by atoms with E-state index in [2.05, 4.69) is 184 Å². The molecule has 0 saturated heterocycles. The minimum atomic E-state index is -0.457. The summed E-state index contributed by atoms with van der Waals surface area (Å²) in [7, 11) is 0. The van der Waals surface area contributed by atoms with Crippen molar-refractivity contribution in [3.8, 4) is 33.8 Å². The molecule has 10 rings (SSSR count). The number of hydrogen-bond donors (Lipinski definition) is 0. The van der Waals surface area contributed by atoms with E-state index in [0.29, 0.717) is 0 Å². The summed E-state index contributed by atoms with van der Waals surface area (Å²) >= 11 is 0. The largest absolute Gasteiger partial charge is 0.456 e. The van der Waals surface area contributed by atoms with Crippen molar-refractivity contribution in [2.75, 3.05) is 0 Å². The van der Waals surface area contributed by atoms with Crippen molar-refractivity contribution in [1.29, 1.82) is 0 Å². The van der Waals surface area contributed by atoms with E-state index in [9.17, 15) is 0 Å². The van der Waals surface area contributed by atoms with Gasteiger partial charge in [0.2, 0.25) is 0 Å². The van der Waals surface area contributed by atoms with Crippen LogP contribution in [0.2, 0.25) is 0 Å². The van der Waals surface area contributed by atoms with Gasteiger partial charge in [-0.3, -0.25) is 0 Å². The Kier molecular flexibility index (Phi) is 6.36. The summed E-state index contributed by atoms with van der Waals surface area (Å²) in [5, 5.41) is 2.56. The Hall–Kier alpha value is -6.18. The van der Waals surface area contributed by atoms with E-state index in [-0.39, 0.29) is 5.41 Å². The molecule has 0 saturated carbocycles. The Morgan fingerprint density at radius 1 is 0.588 bits per heavy atom. The first-order valence-corrected chi connectivity index (χ1v) is 17.8. The molecule has 7 aromatic carbocycles. The Bertz CT molecular complexity index is 2660. The van der Waals surface area contributed by atoms with Crippen molar-refractivity contribution in [3.63, 3.8) is 0 Å². The number of benzene rings is 7. The van der Waals surface area contributed by atoms with Crippen LogP contribution >= 0.6 is 0 Å². The Balaban J connectivity index is 1.24. The van der Waals surface area contributed by atoms with E-state index in [1.54, 1.807) is 0 Å². The van der Waals surface area contributed by atoms with E-state index in [1.807, 2.05) is 6.08 Å². The molecule has 2 atom stereocenters. The van der Waals surface area contributed by atoms with Crippen LogP contribution in [0.3, 0.4) is 0 Å². The Labute approximate surface area is 299 Å². The van der Waals surface area contributed by atoms with Crippen LogP contribution in [0.5, 0.6) is 11.5 Å². The molecule has 0 fully saturated rings. The lowest BCUT2D eigenvalue weighted by Gasteiger charge is -2.39. The summed E-state index contributed by atoms with van der Waals surface area (Å²) in [5.41, 5.74) is 15.5. The van der Waals surface area contributed by atoms with Gasteiger partial charge >= 0.3 is 0 Å². The van der Waals surface area contributed by atoms with Crippen LogP contribution in [0.15, 0.2) is 182 Å². The number of allylic oxidation sites excluding steroid dienone is 5. The van der Waals surface area contributed by atoms with Gasteiger partial charge in [-0.1, -0.05) is 164 Å². The average Bonchev–Trinajstić information content (AvgIpc) is 3.62. The molecular formula is C50H36O. The standard InChI is InChI=1S/C50H36O/c1-4-5-22-41-32(2)36-29-27-33-16-9-10-19-37(33)47(36)50(41)42-23-12-11-20-39(42)40-31-34(28-30-43(40)50)38-21-15-25-45-48(38)51-46-26-14-13-24-44(46)49(45,3)35-17-7-6-8-18-35/h4-31H,1H2,2-3H3/b22-5-. The van der Waals surface area contributed by atoms with Gasteiger partial charge in [-0.15, -0.1) is 0 Å². The molecule has 0 aromatic heterocycles. The van der Waals surface area contributed by atoms with Crippen LogP contribution in [-0.4, -0.2) is 0 Å². The summed E-state index contributed by atoms with van der Waals surface area (Å²) in [6.07, 6.45) is 6.28. The van der Waals surface area contributed by atoms with Crippen LogP contribution in [0.4, 0.5) is 0 Å². The predicted molar refractivity (Wildman–Crippen MR) is 212 cm³/mol. The van der Waals surface area contributed by atoms with E-state index >= 15 is 0 Å². The van der Waals surface area contributed by atoms with Crippen molar-refractivity contribution in [2.45, 2.75) is 24.7 Å².